The van der Waals surface area contributed by atoms with E-state index < -0.39 is 10.0 Å². The lowest BCUT2D eigenvalue weighted by Gasteiger charge is -2.43. The number of sulfonamides is 1. The molecule has 154 valence electrons. The highest BCUT2D eigenvalue weighted by Crippen LogP contribution is 2.45. The van der Waals surface area contributed by atoms with Crippen LogP contribution in [0.25, 0.3) is 0 Å². The van der Waals surface area contributed by atoms with Crippen LogP contribution in [0.4, 0.5) is 0 Å². The highest BCUT2D eigenvalue weighted by atomic mass is 127. The van der Waals surface area contributed by atoms with Crippen LogP contribution < -0.4 is 15.8 Å². The van der Waals surface area contributed by atoms with Gasteiger partial charge in [-0.3, -0.25) is 4.99 Å². The van der Waals surface area contributed by atoms with Crippen molar-refractivity contribution < 1.29 is 8.42 Å². The zero-order chi connectivity index (χ0) is 19.2. The Balaban J connectivity index is 0.00000364. The fraction of sp³-hybridized carbons (Fsp3) is 0.632. The Morgan fingerprint density at radius 1 is 1.22 bits per heavy atom. The SMILES string of the molecule is CN=C(NCCc1ccc(S(N)(=O)=O)cc1)NCC1(CC(C)C)CCC1.I. The number of guanidine groups is 1. The molecule has 27 heavy (non-hydrogen) atoms. The first-order chi connectivity index (χ1) is 12.2. The van der Waals surface area contributed by atoms with E-state index >= 15 is 0 Å². The molecule has 0 bridgehead atoms. The summed E-state index contributed by atoms with van der Waals surface area (Å²) >= 11 is 0. The summed E-state index contributed by atoms with van der Waals surface area (Å²) in [6.45, 7) is 6.27. The molecule has 1 saturated carbocycles. The number of primary sulfonamides is 1. The molecule has 0 atom stereocenters. The van der Waals surface area contributed by atoms with Gasteiger partial charge in [0.25, 0.3) is 0 Å². The summed E-state index contributed by atoms with van der Waals surface area (Å²) in [5.41, 5.74) is 1.48. The Morgan fingerprint density at radius 3 is 2.30 bits per heavy atom. The van der Waals surface area contributed by atoms with Crippen LogP contribution >= 0.6 is 24.0 Å². The molecule has 1 fully saturated rings. The van der Waals surface area contributed by atoms with Crippen molar-refractivity contribution in [1.82, 2.24) is 10.6 Å². The summed E-state index contributed by atoms with van der Waals surface area (Å²) in [6.07, 6.45) is 5.96. The predicted molar refractivity (Wildman–Crippen MR) is 122 cm³/mol. The predicted octanol–water partition coefficient (Wildman–Crippen LogP) is 2.88. The molecule has 1 aliphatic carbocycles. The fourth-order valence-corrected chi connectivity index (χ4v) is 4.17. The van der Waals surface area contributed by atoms with Crippen molar-refractivity contribution in [2.24, 2.45) is 21.5 Å². The second-order valence-corrected chi connectivity index (χ2v) is 9.30. The molecule has 4 N–H and O–H groups in total. The summed E-state index contributed by atoms with van der Waals surface area (Å²) in [4.78, 5) is 4.45. The lowest BCUT2D eigenvalue weighted by atomic mass is 9.64. The summed E-state index contributed by atoms with van der Waals surface area (Å²) < 4.78 is 22.6. The minimum absolute atomic E-state index is 0. The number of hydrogen-bond acceptors (Lipinski definition) is 3. The molecule has 0 unspecified atom stereocenters. The van der Waals surface area contributed by atoms with Crippen LogP contribution in [-0.4, -0.2) is 34.5 Å². The fourth-order valence-electron chi connectivity index (χ4n) is 3.66. The monoisotopic (exact) mass is 508 g/mol. The topological polar surface area (TPSA) is 96.6 Å². The van der Waals surface area contributed by atoms with Crippen molar-refractivity contribution in [3.63, 3.8) is 0 Å². The molecule has 1 aliphatic rings. The van der Waals surface area contributed by atoms with Crippen LogP contribution in [0.3, 0.4) is 0 Å². The van der Waals surface area contributed by atoms with E-state index in [0.29, 0.717) is 11.3 Å². The van der Waals surface area contributed by atoms with E-state index in [9.17, 15) is 8.42 Å². The standard InChI is InChI=1S/C19H32N4O2S.HI/c1-15(2)13-19(10-4-11-19)14-23-18(21-3)22-12-9-16-5-7-17(8-6-16)26(20,24)25;/h5-8,15H,4,9-14H2,1-3H3,(H2,20,24,25)(H2,21,22,23);1H. The van der Waals surface area contributed by atoms with Gasteiger partial charge >= 0.3 is 0 Å². The van der Waals surface area contributed by atoms with Crippen molar-refractivity contribution in [3.05, 3.63) is 29.8 Å². The lowest BCUT2D eigenvalue weighted by molar-refractivity contribution is 0.104. The molecule has 1 aromatic carbocycles. The number of rotatable bonds is 8. The van der Waals surface area contributed by atoms with E-state index in [1.807, 2.05) is 0 Å². The molecular weight excluding hydrogens is 475 g/mol. The summed E-state index contributed by atoms with van der Waals surface area (Å²) in [7, 11) is -1.85. The van der Waals surface area contributed by atoms with Gasteiger partial charge in [-0.15, -0.1) is 24.0 Å². The number of nitrogens with two attached hydrogens (primary N) is 1. The van der Waals surface area contributed by atoms with Gasteiger partial charge in [-0.1, -0.05) is 32.4 Å². The van der Waals surface area contributed by atoms with Gasteiger partial charge in [-0.25, -0.2) is 13.6 Å². The molecule has 0 aliphatic heterocycles. The Morgan fingerprint density at radius 2 is 1.85 bits per heavy atom. The van der Waals surface area contributed by atoms with Crippen LogP contribution in [0.15, 0.2) is 34.2 Å². The van der Waals surface area contributed by atoms with Crippen molar-refractivity contribution in [2.45, 2.75) is 50.8 Å². The van der Waals surface area contributed by atoms with E-state index in [0.717, 1.165) is 31.0 Å². The number of aliphatic imine (C=N–C) groups is 1. The van der Waals surface area contributed by atoms with Gasteiger partial charge in [0.2, 0.25) is 10.0 Å². The average Bonchev–Trinajstić information content (AvgIpc) is 2.54. The molecule has 0 spiro atoms. The molecule has 0 aromatic heterocycles. The maximum absolute atomic E-state index is 11.3. The third-order valence-corrected chi connectivity index (χ3v) is 6.00. The first-order valence-corrected chi connectivity index (χ1v) is 10.8. The second-order valence-electron chi connectivity index (χ2n) is 7.74. The Labute approximate surface area is 180 Å². The Hall–Kier alpha value is -0.870. The smallest absolute Gasteiger partial charge is 0.238 e. The number of hydrogen-bond donors (Lipinski definition) is 3. The number of benzene rings is 1. The van der Waals surface area contributed by atoms with Crippen LogP contribution in [0.2, 0.25) is 0 Å². The normalized spacial score (nSPS) is 16.4. The first kappa shape index (κ1) is 24.2. The summed E-state index contributed by atoms with van der Waals surface area (Å²) in [6, 6.07) is 6.68. The van der Waals surface area contributed by atoms with Gasteiger partial charge in [-0.05, 0) is 54.7 Å². The molecule has 0 radical (unpaired) electrons. The number of nitrogens with zero attached hydrogens (tertiary/aromatic N) is 1. The van der Waals surface area contributed by atoms with Crippen molar-refractivity contribution in [1.29, 1.82) is 0 Å². The second kappa shape index (κ2) is 10.6. The maximum Gasteiger partial charge on any atom is 0.238 e. The minimum atomic E-state index is -3.63. The molecule has 8 heteroatoms. The summed E-state index contributed by atoms with van der Waals surface area (Å²) in [5.74, 6) is 1.54. The van der Waals surface area contributed by atoms with Crippen LogP contribution in [0, 0.1) is 11.3 Å². The molecule has 1 aromatic rings. The van der Waals surface area contributed by atoms with Gasteiger partial charge in [0.15, 0.2) is 5.96 Å². The molecule has 0 heterocycles. The van der Waals surface area contributed by atoms with Gasteiger partial charge in [0, 0.05) is 20.1 Å². The number of nitrogens with one attached hydrogen (secondary N) is 2. The van der Waals surface area contributed by atoms with Gasteiger partial charge in [-0.2, -0.15) is 0 Å². The van der Waals surface area contributed by atoms with Crippen LogP contribution in [0.5, 0.6) is 0 Å². The molecule has 2 rings (SSSR count). The highest BCUT2D eigenvalue weighted by Gasteiger charge is 2.37. The van der Waals surface area contributed by atoms with Gasteiger partial charge < -0.3 is 10.6 Å². The van der Waals surface area contributed by atoms with E-state index in [2.05, 4.69) is 29.5 Å². The van der Waals surface area contributed by atoms with E-state index in [1.165, 1.54) is 25.7 Å². The highest BCUT2D eigenvalue weighted by molar-refractivity contribution is 14.0. The third kappa shape index (κ3) is 7.57. The van der Waals surface area contributed by atoms with Crippen LogP contribution in [0.1, 0.15) is 45.1 Å². The van der Waals surface area contributed by atoms with Gasteiger partial charge in [0.1, 0.15) is 0 Å². The third-order valence-electron chi connectivity index (χ3n) is 5.07. The zero-order valence-corrected chi connectivity index (χ0v) is 19.6. The Bertz CT molecular complexity index is 714. The number of halogens is 1. The largest absolute Gasteiger partial charge is 0.356 e. The first-order valence-electron chi connectivity index (χ1n) is 9.30. The minimum Gasteiger partial charge on any atom is -0.356 e. The van der Waals surface area contributed by atoms with Crippen LogP contribution in [-0.2, 0) is 16.4 Å². The van der Waals surface area contributed by atoms with E-state index in [4.69, 9.17) is 5.14 Å². The van der Waals surface area contributed by atoms with Gasteiger partial charge in [0.05, 0.1) is 4.90 Å². The van der Waals surface area contributed by atoms with Crippen molar-refractivity contribution in [2.75, 3.05) is 20.1 Å². The lowest BCUT2D eigenvalue weighted by Crippen LogP contribution is -2.47. The molecule has 0 amide bonds. The molecule has 6 nitrogen and oxygen atoms in total. The summed E-state index contributed by atoms with van der Waals surface area (Å²) in [5, 5.41) is 11.9. The van der Waals surface area contributed by atoms with E-state index in [1.54, 1.807) is 31.3 Å². The Kier molecular flexibility index (Phi) is 9.50. The van der Waals surface area contributed by atoms with E-state index in [-0.39, 0.29) is 28.9 Å². The molecule has 0 saturated heterocycles. The zero-order valence-electron chi connectivity index (χ0n) is 16.5. The van der Waals surface area contributed by atoms with Crippen molar-refractivity contribution >= 4 is 40.0 Å². The average molecular weight is 508 g/mol. The maximum atomic E-state index is 11.3. The van der Waals surface area contributed by atoms with Crippen molar-refractivity contribution in [3.8, 4) is 0 Å². The molecular formula is C19H33IN4O2S. The quantitative estimate of drug-likeness (QED) is 0.286.